The SMILES string of the molecule is C=C(C)CN(C)C1CCNC1. The summed E-state index contributed by atoms with van der Waals surface area (Å²) in [7, 11) is 2.17. The zero-order valence-electron chi connectivity index (χ0n) is 7.56. The average Bonchev–Trinajstić information content (AvgIpc) is 2.35. The van der Waals surface area contributed by atoms with Crippen molar-refractivity contribution in [2.45, 2.75) is 19.4 Å². The fraction of sp³-hybridized carbons (Fsp3) is 0.778. The van der Waals surface area contributed by atoms with Crippen LogP contribution < -0.4 is 5.32 Å². The standard InChI is InChI=1S/C9H18N2/c1-8(2)7-11(3)9-4-5-10-6-9/h9-10H,1,4-7H2,2-3H3. The maximum atomic E-state index is 3.90. The summed E-state index contributed by atoms with van der Waals surface area (Å²) in [5.41, 5.74) is 1.25. The molecule has 1 atom stereocenters. The highest BCUT2D eigenvalue weighted by Gasteiger charge is 2.18. The minimum Gasteiger partial charge on any atom is -0.315 e. The summed E-state index contributed by atoms with van der Waals surface area (Å²) in [6.45, 7) is 9.34. The van der Waals surface area contributed by atoms with Crippen molar-refractivity contribution in [2.75, 3.05) is 26.7 Å². The Morgan fingerprint density at radius 3 is 2.91 bits per heavy atom. The fourth-order valence-corrected chi connectivity index (χ4v) is 1.57. The first-order valence-electron chi connectivity index (χ1n) is 4.25. The molecule has 64 valence electrons. The molecule has 1 saturated heterocycles. The molecule has 1 aliphatic heterocycles. The van der Waals surface area contributed by atoms with Crippen LogP contribution >= 0.6 is 0 Å². The monoisotopic (exact) mass is 154 g/mol. The van der Waals surface area contributed by atoms with E-state index in [9.17, 15) is 0 Å². The van der Waals surface area contributed by atoms with Gasteiger partial charge in [-0.15, -0.1) is 0 Å². The summed E-state index contributed by atoms with van der Waals surface area (Å²) < 4.78 is 0. The van der Waals surface area contributed by atoms with Gasteiger partial charge in [-0.2, -0.15) is 0 Å². The number of nitrogens with zero attached hydrogens (tertiary/aromatic N) is 1. The van der Waals surface area contributed by atoms with Crippen molar-refractivity contribution in [3.8, 4) is 0 Å². The average molecular weight is 154 g/mol. The lowest BCUT2D eigenvalue weighted by Gasteiger charge is -2.23. The van der Waals surface area contributed by atoms with Gasteiger partial charge < -0.3 is 5.32 Å². The molecule has 0 aromatic carbocycles. The van der Waals surface area contributed by atoms with E-state index in [-0.39, 0.29) is 0 Å². The molecule has 2 nitrogen and oxygen atoms in total. The van der Waals surface area contributed by atoms with Crippen molar-refractivity contribution in [3.63, 3.8) is 0 Å². The lowest BCUT2D eigenvalue weighted by molar-refractivity contribution is 0.278. The normalized spacial score (nSPS) is 24.5. The van der Waals surface area contributed by atoms with Gasteiger partial charge in [0.2, 0.25) is 0 Å². The first-order valence-corrected chi connectivity index (χ1v) is 4.25. The Kier molecular flexibility index (Phi) is 3.09. The highest BCUT2D eigenvalue weighted by molar-refractivity contribution is 4.93. The number of likely N-dealkylation sites (N-methyl/N-ethyl adjacent to an activating group) is 1. The zero-order valence-corrected chi connectivity index (χ0v) is 7.56. The molecule has 1 N–H and O–H groups in total. The van der Waals surface area contributed by atoms with Crippen molar-refractivity contribution in [3.05, 3.63) is 12.2 Å². The smallest absolute Gasteiger partial charge is 0.0233 e. The van der Waals surface area contributed by atoms with E-state index in [2.05, 4.69) is 30.8 Å². The lowest BCUT2D eigenvalue weighted by atomic mass is 10.2. The Bertz CT molecular complexity index is 136. The molecule has 11 heavy (non-hydrogen) atoms. The first-order chi connectivity index (χ1) is 5.20. The molecule has 0 aromatic rings. The summed E-state index contributed by atoms with van der Waals surface area (Å²) in [5.74, 6) is 0. The summed E-state index contributed by atoms with van der Waals surface area (Å²) in [6, 6.07) is 0.728. The Labute approximate surface area is 69.3 Å². The van der Waals surface area contributed by atoms with Crippen LogP contribution in [0.25, 0.3) is 0 Å². The largest absolute Gasteiger partial charge is 0.315 e. The van der Waals surface area contributed by atoms with Crippen molar-refractivity contribution >= 4 is 0 Å². The third kappa shape index (κ3) is 2.64. The van der Waals surface area contributed by atoms with E-state index in [1.54, 1.807) is 0 Å². The van der Waals surface area contributed by atoms with E-state index >= 15 is 0 Å². The molecule has 0 amide bonds. The highest BCUT2D eigenvalue weighted by atomic mass is 15.2. The molecule has 0 saturated carbocycles. The van der Waals surface area contributed by atoms with E-state index in [0.717, 1.165) is 19.1 Å². The Morgan fingerprint density at radius 2 is 2.45 bits per heavy atom. The number of hydrogen-bond acceptors (Lipinski definition) is 2. The van der Waals surface area contributed by atoms with Crippen molar-refractivity contribution in [2.24, 2.45) is 0 Å². The van der Waals surface area contributed by atoms with Gasteiger partial charge in [-0.1, -0.05) is 12.2 Å². The molecule has 1 aliphatic rings. The number of rotatable bonds is 3. The Hall–Kier alpha value is -0.340. The van der Waals surface area contributed by atoms with Gasteiger partial charge in [0.1, 0.15) is 0 Å². The molecule has 0 aromatic heterocycles. The molecule has 1 unspecified atom stereocenters. The van der Waals surface area contributed by atoms with Crippen LogP contribution in [0.15, 0.2) is 12.2 Å². The molecule has 1 heterocycles. The van der Waals surface area contributed by atoms with E-state index in [1.165, 1.54) is 18.5 Å². The van der Waals surface area contributed by atoms with Crippen LogP contribution in [0.4, 0.5) is 0 Å². The maximum absolute atomic E-state index is 3.90. The predicted molar refractivity (Wildman–Crippen MR) is 48.7 cm³/mol. The van der Waals surface area contributed by atoms with Crippen LogP contribution in [-0.2, 0) is 0 Å². The molecule has 0 spiro atoms. The molecule has 0 aliphatic carbocycles. The van der Waals surface area contributed by atoms with Crippen LogP contribution in [0, 0.1) is 0 Å². The quantitative estimate of drug-likeness (QED) is 0.606. The highest BCUT2D eigenvalue weighted by Crippen LogP contribution is 2.07. The van der Waals surface area contributed by atoms with Gasteiger partial charge in [0.15, 0.2) is 0 Å². The molecule has 0 bridgehead atoms. The van der Waals surface area contributed by atoms with Crippen molar-refractivity contribution in [1.82, 2.24) is 10.2 Å². The molecule has 1 fully saturated rings. The van der Waals surface area contributed by atoms with Gasteiger partial charge in [-0.25, -0.2) is 0 Å². The van der Waals surface area contributed by atoms with Gasteiger partial charge in [-0.05, 0) is 26.9 Å². The van der Waals surface area contributed by atoms with Crippen LogP contribution in [0.5, 0.6) is 0 Å². The minimum absolute atomic E-state index is 0.728. The number of hydrogen-bond donors (Lipinski definition) is 1. The van der Waals surface area contributed by atoms with E-state index in [4.69, 9.17) is 0 Å². The zero-order chi connectivity index (χ0) is 8.27. The Morgan fingerprint density at radius 1 is 1.73 bits per heavy atom. The third-order valence-corrected chi connectivity index (χ3v) is 2.18. The van der Waals surface area contributed by atoms with Crippen LogP contribution in [0.1, 0.15) is 13.3 Å². The summed E-state index contributed by atoms with van der Waals surface area (Å²) in [4.78, 5) is 2.38. The third-order valence-electron chi connectivity index (χ3n) is 2.18. The number of nitrogens with one attached hydrogen (secondary N) is 1. The van der Waals surface area contributed by atoms with Gasteiger partial charge in [-0.3, -0.25) is 4.90 Å². The van der Waals surface area contributed by atoms with Gasteiger partial charge in [0, 0.05) is 19.1 Å². The van der Waals surface area contributed by atoms with Gasteiger partial charge in [0.05, 0.1) is 0 Å². The topological polar surface area (TPSA) is 15.3 Å². The van der Waals surface area contributed by atoms with Gasteiger partial charge in [0.25, 0.3) is 0 Å². The minimum atomic E-state index is 0.728. The van der Waals surface area contributed by atoms with Crippen LogP contribution in [0.2, 0.25) is 0 Å². The predicted octanol–water partition coefficient (Wildman–Crippen LogP) is 0.856. The summed E-state index contributed by atoms with van der Waals surface area (Å²) in [5, 5.41) is 3.36. The molecular weight excluding hydrogens is 136 g/mol. The Balaban J connectivity index is 2.28. The first kappa shape index (κ1) is 8.75. The maximum Gasteiger partial charge on any atom is 0.0233 e. The van der Waals surface area contributed by atoms with Crippen molar-refractivity contribution in [1.29, 1.82) is 0 Å². The molecule has 0 radical (unpaired) electrons. The summed E-state index contributed by atoms with van der Waals surface area (Å²) >= 11 is 0. The van der Waals surface area contributed by atoms with Gasteiger partial charge >= 0.3 is 0 Å². The van der Waals surface area contributed by atoms with E-state index in [0.29, 0.717) is 0 Å². The van der Waals surface area contributed by atoms with Crippen LogP contribution in [0.3, 0.4) is 0 Å². The second-order valence-corrected chi connectivity index (χ2v) is 3.52. The van der Waals surface area contributed by atoms with Crippen molar-refractivity contribution < 1.29 is 0 Å². The lowest BCUT2D eigenvalue weighted by Crippen LogP contribution is -2.34. The summed E-state index contributed by atoms with van der Waals surface area (Å²) in [6.07, 6.45) is 1.28. The second kappa shape index (κ2) is 3.88. The molecule has 2 heteroatoms. The molecule has 1 rings (SSSR count). The van der Waals surface area contributed by atoms with Crippen LogP contribution in [-0.4, -0.2) is 37.6 Å². The van der Waals surface area contributed by atoms with E-state index in [1.807, 2.05) is 0 Å². The van der Waals surface area contributed by atoms with E-state index < -0.39 is 0 Å². The fourth-order valence-electron chi connectivity index (χ4n) is 1.57. The second-order valence-electron chi connectivity index (χ2n) is 3.52. The molecular formula is C9H18N2.